The van der Waals surface area contributed by atoms with E-state index in [1.165, 1.54) is 0 Å². The van der Waals surface area contributed by atoms with Crippen LogP contribution in [0.25, 0.3) is 0 Å². The predicted molar refractivity (Wildman–Crippen MR) is 63.0 cm³/mol. The van der Waals surface area contributed by atoms with E-state index in [1.807, 2.05) is 4.90 Å². The van der Waals surface area contributed by atoms with Gasteiger partial charge in [-0.05, 0) is 13.8 Å². The third-order valence-corrected chi connectivity index (χ3v) is 2.97. The van der Waals surface area contributed by atoms with Crippen molar-refractivity contribution in [1.29, 1.82) is 0 Å². The first-order chi connectivity index (χ1) is 7.54. The number of hydrogen-bond donors (Lipinski definition) is 2. The number of carbonyl (C=O) groups excluding carboxylic acids is 1. The molecule has 0 bridgehead atoms. The number of aliphatic hydroxyl groups excluding tert-OH is 1. The summed E-state index contributed by atoms with van der Waals surface area (Å²) in [7, 11) is 0. The molecule has 1 aliphatic rings. The normalized spacial score (nSPS) is 24.5. The molecule has 94 valence electrons. The van der Waals surface area contributed by atoms with Gasteiger partial charge in [-0.25, -0.2) is 0 Å². The third-order valence-electron chi connectivity index (χ3n) is 2.97. The smallest absolute Gasteiger partial charge is 0.223 e. The van der Waals surface area contributed by atoms with Crippen LogP contribution in [0.1, 0.15) is 20.3 Å². The lowest BCUT2D eigenvalue weighted by Crippen LogP contribution is -2.55. The van der Waals surface area contributed by atoms with Crippen molar-refractivity contribution in [2.45, 2.75) is 32.4 Å². The number of hydrogen-bond acceptors (Lipinski definition) is 4. The van der Waals surface area contributed by atoms with Crippen molar-refractivity contribution in [3.05, 3.63) is 0 Å². The number of carbonyl (C=O) groups is 1. The fraction of sp³-hybridized carbons (Fsp3) is 0.909. The van der Waals surface area contributed by atoms with Crippen LogP contribution in [0.15, 0.2) is 0 Å². The maximum absolute atomic E-state index is 11.7. The minimum Gasteiger partial charge on any atom is -0.392 e. The average molecular weight is 229 g/mol. The molecular formula is C11H23N3O2. The zero-order valence-corrected chi connectivity index (χ0v) is 10.2. The lowest BCUT2D eigenvalue weighted by atomic mass is 10.1. The summed E-state index contributed by atoms with van der Waals surface area (Å²) >= 11 is 0. The first-order valence-corrected chi connectivity index (χ1v) is 5.94. The van der Waals surface area contributed by atoms with E-state index in [-0.39, 0.29) is 12.0 Å². The highest BCUT2D eigenvalue weighted by molar-refractivity contribution is 5.76. The first-order valence-electron chi connectivity index (χ1n) is 5.94. The molecule has 0 aromatic carbocycles. The number of nitrogens with two attached hydrogens (primary N) is 1. The third kappa shape index (κ3) is 3.73. The molecule has 1 saturated heterocycles. The number of nitrogens with zero attached hydrogens (tertiary/aromatic N) is 2. The van der Waals surface area contributed by atoms with Gasteiger partial charge in [0.25, 0.3) is 0 Å². The van der Waals surface area contributed by atoms with E-state index < -0.39 is 0 Å². The monoisotopic (exact) mass is 229 g/mol. The van der Waals surface area contributed by atoms with E-state index in [0.717, 1.165) is 19.6 Å². The SMILES string of the molecule is CC(O)CN1CCN(C(=O)CCN)CC1C. The minimum absolute atomic E-state index is 0.144. The Balaban J connectivity index is 2.41. The molecule has 0 aromatic heterocycles. The van der Waals surface area contributed by atoms with Crippen LogP contribution >= 0.6 is 0 Å². The van der Waals surface area contributed by atoms with E-state index in [1.54, 1.807) is 6.92 Å². The fourth-order valence-electron chi connectivity index (χ4n) is 2.11. The van der Waals surface area contributed by atoms with Gasteiger partial charge < -0.3 is 15.7 Å². The van der Waals surface area contributed by atoms with Crippen molar-refractivity contribution in [3.8, 4) is 0 Å². The van der Waals surface area contributed by atoms with Crippen LogP contribution in [0, 0.1) is 0 Å². The summed E-state index contributed by atoms with van der Waals surface area (Å²) in [6.07, 6.45) is 0.122. The van der Waals surface area contributed by atoms with Gasteiger partial charge in [0.1, 0.15) is 0 Å². The summed E-state index contributed by atoms with van der Waals surface area (Å²) in [6, 6.07) is 0.310. The fourth-order valence-corrected chi connectivity index (χ4v) is 2.11. The van der Waals surface area contributed by atoms with Crippen molar-refractivity contribution in [1.82, 2.24) is 9.80 Å². The van der Waals surface area contributed by atoms with Gasteiger partial charge in [0.05, 0.1) is 6.10 Å². The molecule has 0 spiro atoms. The second-order valence-electron chi connectivity index (χ2n) is 4.57. The van der Waals surface area contributed by atoms with Gasteiger partial charge in [0.15, 0.2) is 0 Å². The molecule has 1 aliphatic heterocycles. The molecule has 5 nitrogen and oxygen atoms in total. The molecule has 1 fully saturated rings. The van der Waals surface area contributed by atoms with E-state index in [0.29, 0.717) is 25.6 Å². The van der Waals surface area contributed by atoms with Crippen LogP contribution < -0.4 is 5.73 Å². The summed E-state index contributed by atoms with van der Waals surface area (Å²) < 4.78 is 0. The van der Waals surface area contributed by atoms with E-state index in [2.05, 4.69) is 11.8 Å². The highest BCUT2D eigenvalue weighted by Crippen LogP contribution is 2.10. The van der Waals surface area contributed by atoms with Crippen LogP contribution in [0.5, 0.6) is 0 Å². The molecule has 2 unspecified atom stereocenters. The Hall–Kier alpha value is -0.650. The molecule has 0 aromatic rings. The largest absolute Gasteiger partial charge is 0.392 e. The summed E-state index contributed by atoms with van der Waals surface area (Å²) in [5.74, 6) is 0.144. The zero-order chi connectivity index (χ0) is 12.1. The molecule has 0 saturated carbocycles. The Labute approximate surface area is 97.2 Å². The van der Waals surface area contributed by atoms with Crippen LogP contribution in [0.3, 0.4) is 0 Å². The van der Waals surface area contributed by atoms with Crippen molar-refractivity contribution in [2.24, 2.45) is 5.73 Å². The Bertz CT molecular complexity index is 233. The van der Waals surface area contributed by atoms with Gasteiger partial charge in [0, 0.05) is 45.2 Å². The second-order valence-corrected chi connectivity index (χ2v) is 4.57. The summed E-state index contributed by atoms with van der Waals surface area (Å²) in [6.45, 7) is 7.30. The number of aliphatic hydroxyl groups is 1. The summed E-state index contributed by atoms with van der Waals surface area (Å²) in [4.78, 5) is 15.7. The topological polar surface area (TPSA) is 69.8 Å². The first kappa shape index (κ1) is 13.4. The molecule has 2 atom stereocenters. The standard InChI is InChI=1S/C11H23N3O2/c1-9-7-14(11(16)3-4-12)6-5-13(9)8-10(2)15/h9-10,15H,3-8,12H2,1-2H3. The zero-order valence-electron chi connectivity index (χ0n) is 10.2. The second kappa shape index (κ2) is 6.18. The van der Waals surface area contributed by atoms with E-state index in [9.17, 15) is 9.90 Å². The van der Waals surface area contributed by atoms with Gasteiger partial charge >= 0.3 is 0 Å². The Morgan fingerprint density at radius 3 is 2.75 bits per heavy atom. The quantitative estimate of drug-likeness (QED) is 0.665. The van der Waals surface area contributed by atoms with Crippen molar-refractivity contribution < 1.29 is 9.90 Å². The molecule has 5 heteroatoms. The van der Waals surface area contributed by atoms with Crippen LogP contribution in [0.2, 0.25) is 0 Å². The number of β-amino-alcohol motifs (C(OH)–C–C–N with tert-alkyl or cyclic N) is 1. The van der Waals surface area contributed by atoms with Crippen molar-refractivity contribution in [3.63, 3.8) is 0 Å². The summed E-state index contributed by atoms with van der Waals surface area (Å²) in [5, 5.41) is 9.34. The molecule has 1 heterocycles. The summed E-state index contributed by atoms with van der Waals surface area (Å²) in [5.41, 5.74) is 5.37. The van der Waals surface area contributed by atoms with Crippen LogP contribution in [-0.2, 0) is 4.79 Å². The molecule has 1 rings (SSSR count). The minimum atomic E-state index is -0.311. The maximum atomic E-state index is 11.7. The van der Waals surface area contributed by atoms with Gasteiger partial charge in [-0.1, -0.05) is 0 Å². The van der Waals surface area contributed by atoms with Crippen LogP contribution in [-0.4, -0.2) is 65.7 Å². The van der Waals surface area contributed by atoms with Gasteiger partial charge in [-0.15, -0.1) is 0 Å². The Morgan fingerprint density at radius 2 is 2.25 bits per heavy atom. The van der Waals surface area contributed by atoms with Gasteiger partial charge in [-0.3, -0.25) is 9.69 Å². The molecular weight excluding hydrogens is 206 g/mol. The molecule has 16 heavy (non-hydrogen) atoms. The molecule has 0 aliphatic carbocycles. The van der Waals surface area contributed by atoms with Gasteiger partial charge in [0.2, 0.25) is 5.91 Å². The number of rotatable bonds is 4. The lowest BCUT2D eigenvalue weighted by Gasteiger charge is -2.40. The van der Waals surface area contributed by atoms with E-state index in [4.69, 9.17) is 5.73 Å². The Kier molecular flexibility index (Phi) is 5.18. The van der Waals surface area contributed by atoms with Crippen LogP contribution in [0.4, 0.5) is 0 Å². The van der Waals surface area contributed by atoms with Crippen molar-refractivity contribution >= 4 is 5.91 Å². The highest BCUT2D eigenvalue weighted by Gasteiger charge is 2.26. The highest BCUT2D eigenvalue weighted by atomic mass is 16.3. The number of amides is 1. The average Bonchev–Trinajstić information content (AvgIpc) is 2.20. The molecule has 0 radical (unpaired) electrons. The maximum Gasteiger partial charge on any atom is 0.223 e. The lowest BCUT2D eigenvalue weighted by molar-refractivity contribution is -0.134. The van der Waals surface area contributed by atoms with Gasteiger partial charge in [-0.2, -0.15) is 0 Å². The van der Waals surface area contributed by atoms with Crippen molar-refractivity contribution in [2.75, 3.05) is 32.7 Å². The predicted octanol–water partition coefficient (Wildman–Crippen LogP) is -0.751. The molecule has 3 N–H and O–H groups in total. The Morgan fingerprint density at radius 1 is 1.56 bits per heavy atom. The van der Waals surface area contributed by atoms with E-state index >= 15 is 0 Å². The number of piperazine rings is 1. The molecule has 1 amide bonds.